The first-order valence-electron chi connectivity index (χ1n) is 7.51. The molecule has 0 unspecified atom stereocenters. The van der Waals surface area contributed by atoms with Crippen molar-refractivity contribution in [1.82, 2.24) is 14.5 Å². The molecule has 7 heteroatoms. The van der Waals surface area contributed by atoms with E-state index >= 15 is 0 Å². The summed E-state index contributed by atoms with van der Waals surface area (Å²) in [6.45, 7) is 4.60. The monoisotopic (exact) mass is 317 g/mol. The van der Waals surface area contributed by atoms with Crippen molar-refractivity contribution < 1.29 is 9.53 Å². The lowest BCUT2D eigenvalue weighted by atomic mass is 9.73. The molecule has 0 aliphatic heterocycles. The van der Waals surface area contributed by atoms with E-state index in [1.165, 1.54) is 17.9 Å². The van der Waals surface area contributed by atoms with Crippen LogP contribution in [0.25, 0.3) is 11.0 Å². The lowest BCUT2D eigenvalue weighted by Gasteiger charge is -2.30. The highest BCUT2D eigenvalue weighted by molar-refractivity contribution is 6.02. The SMILES string of the molecule is COCCn1c(=O)[nH]c(=O)c2c3c(cnc21)C(=O)CC(C)(C)C3. The molecular formula is C16H19N3O4. The molecule has 23 heavy (non-hydrogen) atoms. The number of rotatable bonds is 3. The molecule has 1 N–H and O–H groups in total. The second-order valence-corrected chi connectivity index (χ2v) is 6.69. The molecule has 0 aromatic carbocycles. The highest BCUT2D eigenvalue weighted by Crippen LogP contribution is 2.36. The van der Waals surface area contributed by atoms with Gasteiger partial charge in [0.05, 0.1) is 18.5 Å². The van der Waals surface area contributed by atoms with E-state index in [0.29, 0.717) is 41.6 Å². The Morgan fingerprint density at radius 2 is 2.04 bits per heavy atom. The van der Waals surface area contributed by atoms with Gasteiger partial charge in [-0.05, 0) is 17.4 Å². The van der Waals surface area contributed by atoms with Gasteiger partial charge in [0.2, 0.25) is 0 Å². The fraction of sp³-hybridized carbons (Fsp3) is 0.500. The Balaban J connectivity index is 2.35. The predicted octanol–water partition coefficient (Wildman–Crippen LogP) is 0.886. The number of ether oxygens (including phenoxy) is 1. The number of nitrogens with one attached hydrogen (secondary N) is 1. The standard InChI is InChI=1S/C16H19N3O4/c1-16(2)6-9-10(11(20)7-16)8-17-13-12(9)14(21)18-15(22)19(13)4-5-23-3/h8H,4-7H2,1-3H3,(H,18,21,22). The van der Waals surface area contributed by atoms with E-state index in [2.05, 4.69) is 9.97 Å². The average Bonchev–Trinajstić information content (AvgIpc) is 2.44. The minimum absolute atomic E-state index is 0.0142. The Bertz CT molecular complexity index is 908. The van der Waals surface area contributed by atoms with Crippen molar-refractivity contribution in [2.24, 2.45) is 5.41 Å². The molecule has 1 aliphatic carbocycles. The number of carbonyl (C=O) groups excluding carboxylic acids is 1. The van der Waals surface area contributed by atoms with Crippen LogP contribution < -0.4 is 11.2 Å². The maximum absolute atomic E-state index is 12.4. The van der Waals surface area contributed by atoms with Crippen molar-refractivity contribution in [2.75, 3.05) is 13.7 Å². The zero-order chi connectivity index (χ0) is 16.8. The van der Waals surface area contributed by atoms with E-state index in [-0.39, 0.29) is 17.7 Å². The number of aromatic amines is 1. The van der Waals surface area contributed by atoms with Gasteiger partial charge in [0.15, 0.2) is 5.78 Å². The van der Waals surface area contributed by atoms with Crippen molar-refractivity contribution in [2.45, 2.75) is 33.2 Å². The zero-order valence-electron chi connectivity index (χ0n) is 13.4. The molecule has 0 saturated heterocycles. The van der Waals surface area contributed by atoms with Gasteiger partial charge in [-0.3, -0.25) is 19.1 Å². The van der Waals surface area contributed by atoms with Gasteiger partial charge in [-0.2, -0.15) is 0 Å². The Morgan fingerprint density at radius 1 is 1.30 bits per heavy atom. The lowest BCUT2D eigenvalue weighted by Crippen LogP contribution is -2.35. The predicted molar refractivity (Wildman–Crippen MR) is 84.9 cm³/mol. The van der Waals surface area contributed by atoms with Crippen molar-refractivity contribution in [3.63, 3.8) is 0 Å². The number of carbonyl (C=O) groups is 1. The number of hydrogen-bond acceptors (Lipinski definition) is 5. The van der Waals surface area contributed by atoms with E-state index < -0.39 is 11.2 Å². The molecule has 0 bridgehead atoms. The van der Waals surface area contributed by atoms with Crippen LogP contribution in [0.5, 0.6) is 0 Å². The van der Waals surface area contributed by atoms with Gasteiger partial charge in [-0.25, -0.2) is 9.78 Å². The van der Waals surface area contributed by atoms with Crippen LogP contribution in [0.15, 0.2) is 15.8 Å². The molecule has 0 fully saturated rings. The topological polar surface area (TPSA) is 94.1 Å². The first kappa shape index (κ1) is 15.6. The molecule has 122 valence electrons. The molecule has 0 radical (unpaired) electrons. The van der Waals surface area contributed by atoms with Gasteiger partial charge in [-0.1, -0.05) is 13.8 Å². The Morgan fingerprint density at radius 3 is 2.74 bits per heavy atom. The van der Waals surface area contributed by atoms with Gasteiger partial charge < -0.3 is 4.74 Å². The summed E-state index contributed by atoms with van der Waals surface area (Å²) >= 11 is 0. The van der Waals surface area contributed by atoms with Crippen LogP contribution in [-0.4, -0.2) is 34.0 Å². The van der Waals surface area contributed by atoms with E-state index in [9.17, 15) is 14.4 Å². The maximum Gasteiger partial charge on any atom is 0.330 e. The van der Waals surface area contributed by atoms with E-state index in [4.69, 9.17) is 4.74 Å². The summed E-state index contributed by atoms with van der Waals surface area (Å²) in [5.41, 5.74) is 0.239. The second-order valence-electron chi connectivity index (χ2n) is 6.69. The maximum atomic E-state index is 12.4. The average molecular weight is 317 g/mol. The minimum atomic E-state index is -0.520. The number of ketones is 1. The van der Waals surface area contributed by atoms with Gasteiger partial charge in [0.25, 0.3) is 5.56 Å². The molecule has 2 heterocycles. The van der Waals surface area contributed by atoms with Gasteiger partial charge >= 0.3 is 5.69 Å². The molecule has 2 aromatic heterocycles. The van der Waals surface area contributed by atoms with Crippen LogP contribution in [0.4, 0.5) is 0 Å². The van der Waals surface area contributed by atoms with Gasteiger partial charge in [-0.15, -0.1) is 0 Å². The van der Waals surface area contributed by atoms with E-state index in [1.54, 1.807) is 0 Å². The minimum Gasteiger partial charge on any atom is -0.383 e. The highest BCUT2D eigenvalue weighted by Gasteiger charge is 2.33. The van der Waals surface area contributed by atoms with Crippen LogP contribution >= 0.6 is 0 Å². The Kier molecular flexibility index (Phi) is 3.68. The summed E-state index contributed by atoms with van der Waals surface area (Å²) < 4.78 is 6.39. The van der Waals surface area contributed by atoms with Crippen molar-refractivity contribution in [3.05, 3.63) is 38.2 Å². The first-order valence-corrected chi connectivity index (χ1v) is 7.51. The Labute approximate surface area is 132 Å². The third kappa shape index (κ3) is 2.61. The first-order chi connectivity index (χ1) is 10.8. The van der Waals surface area contributed by atoms with Crippen molar-refractivity contribution in [3.8, 4) is 0 Å². The molecule has 0 amide bonds. The van der Waals surface area contributed by atoms with Gasteiger partial charge in [0, 0.05) is 25.3 Å². The number of methoxy groups -OCH3 is 1. The molecule has 3 rings (SSSR count). The molecule has 0 atom stereocenters. The number of aromatic nitrogens is 3. The third-order valence-electron chi connectivity index (χ3n) is 4.23. The molecule has 0 spiro atoms. The van der Waals surface area contributed by atoms with Crippen LogP contribution in [0.3, 0.4) is 0 Å². The number of fused-ring (bicyclic) bond motifs is 3. The molecule has 1 aliphatic rings. The van der Waals surface area contributed by atoms with Gasteiger partial charge in [0.1, 0.15) is 5.65 Å². The summed E-state index contributed by atoms with van der Waals surface area (Å²) in [6, 6.07) is 0. The van der Waals surface area contributed by atoms with E-state index in [0.717, 1.165) is 0 Å². The lowest BCUT2D eigenvalue weighted by molar-refractivity contribution is 0.0912. The summed E-state index contributed by atoms with van der Waals surface area (Å²) in [5, 5.41) is 0.333. The molecule has 0 saturated carbocycles. The van der Waals surface area contributed by atoms with Crippen LogP contribution in [0.2, 0.25) is 0 Å². The smallest absolute Gasteiger partial charge is 0.330 e. The van der Waals surface area contributed by atoms with E-state index in [1.807, 2.05) is 13.8 Å². The normalized spacial score (nSPS) is 16.6. The molecular weight excluding hydrogens is 298 g/mol. The number of nitrogens with zero attached hydrogens (tertiary/aromatic N) is 2. The fourth-order valence-corrected chi connectivity index (χ4v) is 3.19. The number of pyridine rings is 1. The summed E-state index contributed by atoms with van der Waals surface area (Å²) in [4.78, 5) is 43.3. The summed E-state index contributed by atoms with van der Waals surface area (Å²) in [5.74, 6) is -0.0142. The largest absolute Gasteiger partial charge is 0.383 e. The van der Waals surface area contributed by atoms with Crippen LogP contribution in [0, 0.1) is 5.41 Å². The van der Waals surface area contributed by atoms with Crippen LogP contribution in [-0.2, 0) is 17.7 Å². The van der Waals surface area contributed by atoms with Crippen molar-refractivity contribution >= 4 is 16.8 Å². The molecule has 2 aromatic rings. The Hall–Kier alpha value is -2.28. The third-order valence-corrected chi connectivity index (χ3v) is 4.23. The number of hydrogen-bond donors (Lipinski definition) is 1. The number of H-pyrrole nitrogens is 1. The summed E-state index contributed by atoms with van der Waals surface area (Å²) in [6.07, 6.45) is 2.50. The summed E-state index contributed by atoms with van der Waals surface area (Å²) in [7, 11) is 1.54. The molecule has 7 nitrogen and oxygen atoms in total. The van der Waals surface area contributed by atoms with Crippen molar-refractivity contribution in [1.29, 1.82) is 0 Å². The quantitative estimate of drug-likeness (QED) is 0.907. The highest BCUT2D eigenvalue weighted by atomic mass is 16.5. The zero-order valence-corrected chi connectivity index (χ0v) is 13.4. The number of Topliss-reactive ketones (excluding diaryl/α,β-unsaturated/α-hetero) is 1. The fourth-order valence-electron chi connectivity index (χ4n) is 3.19. The van der Waals surface area contributed by atoms with Crippen LogP contribution in [0.1, 0.15) is 36.2 Å². The second kappa shape index (κ2) is 5.42.